The molecule has 1 saturated heterocycles. The van der Waals surface area contributed by atoms with Gasteiger partial charge in [-0.15, -0.1) is 0 Å². The zero-order valence-electron chi connectivity index (χ0n) is 17.1. The first-order chi connectivity index (χ1) is 11.6. The summed E-state index contributed by atoms with van der Waals surface area (Å²) < 4.78 is 11.6. The van der Waals surface area contributed by atoms with Crippen molar-refractivity contribution in [1.29, 1.82) is 0 Å². The van der Waals surface area contributed by atoms with Gasteiger partial charge in [-0.25, -0.2) is 0 Å². The lowest BCUT2D eigenvalue weighted by molar-refractivity contribution is -0.141. The standard InChI is InChI=1S/C22H34O3/c1-12(2)17-9-18(13(3)4)22(19(10-17)14(5)6)16(8)24-20-11-21(23)25-15(20)7/h9-10,12-16,20H,11H2,1-8H3/t15-,16-,20+/m0/s1. The molecule has 0 spiro atoms. The molecule has 2 rings (SSSR count). The zero-order valence-corrected chi connectivity index (χ0v) is 17.1. The van der Waals surface area contributed by atoms with E-state index in [1.54, 1.807) is 0 Å². The lowest BCUT2D eigenvalue weighted by Crippen LogP contribution is -2.24. The van der Waals surface area contributed by atoms with E-state index in [9.17, 15) is 4.79 Å². The lowest BCUT2D eigenvalue weighted by atomic mass is 9.82. The van der Waals surface area contributed by atoms with Gasteiger partial charge < -0.3 is 9.47 Å². The molecular formula is C22H34O3. The number of hydrogen-bond donors (Lipinski definition) is 0. The number of ether oxygens (including phenoxy) is 2. The Kier molecular flexibility index (Phi) is 6.31. The molecule has 1 heterocycles. The Morgan fingerprint density at radius 2 is 1.48 bits per heavy atom. The molecule has 0 amide bonds. The normalized spacial score (nSPS) is 22.1. The first-order valence-corrected chi connectivity index (χ1v) is 9.64. The number of carbonyl (C=O) groups is 1. The zero-order chi connectivity index (χ0) is 18.9. The molecule has 1 aliphatic heterocycles. The van der Waals surface area contributed by atoms with Gasteiger partial charge >= 0.3 is 5.97 Å². The SMILES string of the molecule is CC(C)c1cc(C(C)C)c([C@H](C)O[C@@H]2CC(=O)O[C@H]2C)c(C(C)C)c1. The molecule has 0 N–H and O–H groups in total. The minimum absolute atomic E-state index is 0.0574. The van der Waals surface area contributed by atoms with E-state index in [4.69, 9.17) is 9.47 Å². The van der Waals surface area contributed by atoms with Gasteiger partial charge in [-0.1, -0.05) is 53.7 Å². The van der Waals surface area contributed by atoms with Crippen LogP contribution >= 0.6 is 0 Å². The minimum Gasteiger partial charge on any atom is -0.460 e. The molecule has 1 aromatic rings. The van der Waals surface area contributed by atoms with Crippen LogP contribution in [0.3, 0.4) is 0 Å². The van der Waals surface area contributed by atoms with Gasteiger partial charge in [0, 0.05) is 0 Å². The second kappa shape index (κ2) is 7.90. The highest BCUT2D eigenvalue weighted by molar-refractivity contribution is 5.72. The molecule has 1 aliphatic rings. The summed E-state index contributed by atoms with van der Waals surface area (Å²) in [5, 5.41) is 0. The third-order valence-corrected chi connectivity index (χ3v) is 5.17. The van der Waals surface area contributed by atoms with E-state index >= 15 is 0 Å². The molecule has 0 aliphatic carbocycles. The molecule has 0 saturated carbocycles. The lowest BCUT2D eigenvalue weighted by Gasteiger charge is -2.28. The van der Waals surface area contributed by atoms with Crippen LogP contribution in [0.2, 0.25) is 0 Å². The van der Waals surface area contributed by atoms with E-state index in [1.165, 1.54) is 22.3 Å². The highest BCUT2D eigenvalue weighted by Crippen LogP contribution is 2.38. The maximum Gasteiger partial charge on any atom is 0.308 e. The van der Waals surface area contributed by atoms with E-state index in [1.807, 2.05) is 6.92 Å². The van der Waals surface area contributed by atoms with Gasteiger partial charge in [0.25, 0.3) is 0 Å². The third-order valence-electron chi connectivity index (χ3n) is 5.17. The van der Waals surface area contributed by atoms with Crippen molar-refractivity contribution in [1.82, 2.24) is 0 Å². The van der Waals surface area contributed by atoms with Crippen molar-refractivity contribution in [2.75, 3.05) is 0 Å². The fraction of sp³-hybridized carbons (Fsp3) is 0.682. The van der Waals surface area contributed by atoms with Crippen LogP contribution in [-0.4, -0.2) is 18.2 Å². The van der Waals surface area contributed by atoms with Crippen molar-refractivity contribution < 1.29 is 14.3 Å². The van der Waals surface area contributed by atoms with Crippen LogP contribution in [0.5, 0.6) is 0 Å². The topological polar surface area (TPSA) is 35.5 Å². The molecule has 1 fully saturated rings. The van der Waals surface area contributed by atoms with Crippen molar-refractivity contribution in [3.05, 3.63) is 34.4 Å². The Labute approximate surface area is 153 Å². The predicted molar refractivity (Wildman–Crippen MR) is 102 cm³/mol. The summed E-state index contributed by atoms with van der Waals surface area (Å²) in [4.78, 5) is 11.5. The van der Waals surface area contributed by atoms with Crippen molar-refractivity contribution in [2.45, 2.75) is 97.9 Å². The van der Waals surface area contributed by atoms with Crippen molar-refractivity contribution >= 4 is 5.97 Å². The Morgan fingerprint density at radius 1 is 0.960 bits per heavy atom. The minimum atomic E-state index is -0.171. The molecule has 0 bridgehead atoms. The van der Waals surface area contributed by atoms with Crippen molar-refractivity contribution in [3.8, 4) is 0 Å². The third kappa shape index (κ3) is 4.44. The number of rotatable bonds is 6. The summed E-state index contributed by atoms with van der Waals surface area (Å²) in [6, 6.07) is 4.69. The molecule has 3 heteroatoms. The molecule has 3 atom stereocenters. The smallest absolute Gasteiger partial charge is 0.308 e. The monoisotopic (exact) mass is 346 g/mol. The average Bonchev–Trinajstić information content (AvgIpc) is 2.83. The number of esters is 1. The molecule has 0 unspecified atom stereocenters. The maximum atomic E-state index is 11.5. The molecule has 0 aromatic heterocycles. The van der Waals surface area contributed by atoms with E-state index in [-0.39, 0.29) is 24.3 Å². The number of benzene rings is 1. The predicted octanol–water partition coefficient (Wildman–Crippen LogP) is 5.84. The molecule has 1 aromatic carbocycles. The molecule has 3 nitrogen and oxygen atoms in total. The van der Waals surface area contributed by atoms with Gasteiger partial charge in [0.1, 0.15) is 12.2 Å². The van der Waals surface area contributed by atoms with Crippen LogP contribution in [0.15, 0.2) is 12.1 Å². The molecule has 140 valence electrons. The second-order valence-corrected chi connectivity index (χ2v) is 8.29. The van der Waals surface area contributed by atoms with Gasteiger partial charge in [0.15, 0.2) is 0 Å². The van der Waals surface area contributed by atoms with Crippen LogP contribution < -0.4 is 0 Å². The van der Waals surface area contributed by atoms with Crippen LogP contribution in [0, 0.1) is 0 Å². The quantitative estimate of drug-likeness (QED) is 0.607. The molecule has 25 heavy (non-hydrogen) atoms. The Hall–Kier alpha value is -1.35. The fourth-order valence-electron chi connectivity index (χ4n) is 3.63. The van der Waals surface area contributed by atoms with E-state index in [2.05, 4.69) is 60.6 Å². The van der Waals surface area contributed by atoms with Gasteiger partial charge in [-0.05, 0) is 53.9 Å². The number of hydrogen-bond acceptors (Lipinski definition) is 3. The van der Waals surface area contributed by atoms with Gasteiger partial charge in [0.05, 0.1) is 12.5 Å². The Bertz CT molecular complexity index is 587. The summed E-state index contributed by atoms with van der Waals surface area (Å²) in [5.74, 6) is 1.20. The fourth-order valence-corrected chi connectivity index (χ4v) is 3.63. The van der Waals surface area contributed by atoms with Crippen molar-refractivity contribution in [3.63, 3.8) is 0 Å². The average molecular weight is 347 g/mol. The first kappa shape index (κ1) is 20.0. The molecule has 0 radical (unpaired) electrons. The van der Waals surface area contributed by atoms with Crippen LogP contribution in [0.1, 0.15) is 108 Å². The van der Waals surface area contributed by atoms with Gasteiger partial charge in [-0.2, -0.15) is 0 Å². The number of carbonyl (C=O) groups excluding carboxylic acids is 1. The first-order valence-electron chi connectivity index (χ1n) is 9.64. The van der Waals surface area contributed by atoms with Gasteiger partial charge in [-0.3, -0.25) is 4.79 Å². The van der Waals surface area contributed by atoms with Crippen LogP contribution in [0.4, 0.5) is 0 Å². The van der Waals surface area contributed by atoms with E-state index in [0.29, 0.717) is 24.2 Å². The summed E-state index contributed by atoms with van der Waals surface area (Å²) in [5.41, 5.74) is 5.40. The highest BCUT2D eigenvalue weighted by atomic mass is 16.6. The number of cyclic esters (lactones) is 1. The van der Waals surface area contributed by atoms with Crippen LogP contribution in [0.25, 0.3) is 0 Å². The Morgan fingerprint density at radius 3 is 1.84 bits per heavy atom. The van der Waals surface area contributed by atoms with Crippen LogP contribution in [-0.2, 0) is 14.3 Å². The summed E-state index contributed by atoms with van der Waals surface area (Å²) >= 11 is 0. The largest absolute Gasteiger partial charge is 0.460 e. The van der Waals surface area contributed by atoms with E-state index < -0.39 is 0 Å². The summed E-state index contributed by atoms with van der Waals surface area (Å²) in [7, 11) is 0. The second-order valence-electron chi connectivity index (χ2n) is 8.29. The molecular weight excluding hydrogens is 312 g/mol. The van der Waals surface area contributed by atoms with Gasteiger partial charge in [0.2, 0.25) is 0 Å². The van der Waals surface area contributed by atoms with E-state index in [0.717, 1.165) is 0 Å². The summed E-state index contributed by atoms with van der Waals surface area (Å²) in [6.45, 7) is 17.5. The maximum absolute atomic E-state index is 11.5. The highest BCUT2D eigenvalue weighted by Gasteiger charge is 2.34. The summed E-state index contributed by atoms with van der Waals surface area (Å²) in [6.07, 6.45) is -0.0379. The Balaban J connectivity index is 2.44. The van der Waals surface area contributed by atoms with Crippen molar-refractivity contribution in [2.24, 2.45) is 0 Å².